The summed E-state index contributed by atoms with van der Waals surface area (Å²) in [4.78, 5) is 12.9. The molecular formula is C22H20O3. The van der Waals surface area contributed by atoms with Crippen LogP contribution >= 0.6 is 0 Å². The number of ketones is 1. The van der Waals surface area contributed by atoms with E-state index in [0.29, 0.717) is 17.1 Å². The Bertz CT molecular complexity index is 808. The molecule has 3 nitrogen and oxygen atoms in total. The first-order valence-electron chi connectivity index (χ1n) is 8.19. The molecule has 0 spiro atoms. The van der Waals surface area contributed by atoms with Crippen LogP contribution in [0.2, 0.25) is 0 Å². The van der Waals surface area contributed by atoms with Gasteiger partial charge in [0.2, 0.25) is 5.78 Å². The van der Waals surface area contributed by atoms with Gasteiger partial charge in [-0.3, -0.25) is 4.79 Å². The van der Waals surface area contributed by atoms with Crippen molar-refractivity contribution in [3.05, 3.63) is 95.6 Å². The largest absolute Gasteiger partial charge is 0.447 e. The highest BCUT2D eigenvalue weighted by Crippen LogP contribution is 2.23. The Morgan fingerprint density at radius 3 is 1.60 bits per heavy atom. The predicted octanol–water partition coefficient (Wildman–Crippen LogP) is 4.97. The van der Waals surface area contributed by atoms with Crippen LogP contribution in [0.3, 0.4) is 0 Å². The molecule has 0 N–H and O–H groups in total. The maximum Gasteiger partial charge on any atom is 0.305 e. The summed E-state index contributed by atoms with van der Waals surface area (Å²) < 4.78 is 11.9. The third-order valence-corrected chi connectivity index (χ3v) is 3.93. The number of para-hydroxylation sites is 2. The molecule has 0 aromatic heterocycles. The summed E-state index contributed by atoms with van der Waals surface area (Å²) >= 11 is 0. The van der Waals surface area contributed by atoms with Gasteiger partial charge in [0.05, 0.1) is 0 Å². The molecule has 0 atom stereocenters. The lowest BCUT2D eigenvalue weighted by Gasteiger charge is -2.21. The summed E-state index contributed by atoms with van der Waals surface area (Å²) in [7, 11) is 0. The van der Waals surface area contributed by atoms with E-state index < -0.39 is 6.29 Å². The molecule has 0 aliphatic heterocycles. The molecule has 3 rings (SSSR count). The van der Waals surface area contributed by atoms with Crippen LogP contribution in [-0.2, 0) is 0 Å². The maximum absolute atomic E-state index is 12.9. The molecular weight excluding hydrogens is 312 g/mol. The average molecular weight is 332 g/mol. The van der Waals surface area contributed by atoms with Crippen molar-refractivity contribution in [2.24, 2.45) is 0 Å². The number of Topliss-reactive ketones (excluding diaryl/α,β-unsaturated/α-hetero) is 1. The van der Waals surface area contributed by atoms with Gasteiger partial charge in [0.1, 0.15) is 11.5 Å². The van der Waals surface area contributed by atoms with Crippen molar-refractivity contribution in [3.8, 4) is 11.5 Å². The molecule has 0 unspecified atom stereocenters. The molecule has 0 aliphatic rings. The van der Waals surface area contributed by atoms with E-state index in [4.69, 9.17) is 9.47 Å². The van der Waals surface area contributed by atoms with Crippen LogP contribution in [0.15, 0.2) is 78.9 Å². The van der Waals surface area contributed by atoms with Crippen molar-refractivity contribution in [1.82, 2.24) is 0 Å². The van der Waals surface area contributed by atoms with Crippen molar-refractivity contribution in [1.29, 1.82) is 0 Å². The first kappa shape index (κ1) is 16.8. The monoisotopic (exact) mass is 332 g/mol. The van der Waals surface area contributed by atoms with Gasteiger partial charge in [-0.15, -0.1) is 0 Å². The van der Waals surface area contributed by atoms with Crippen molar-refractivity contribution in [3.63, 3.8) is 0 Å². The van der Waals surface area contributed by atoms with Crippen LogP contribution in [0.4, 0.5) is 0 Å². The molecule has 25 heavy (non-hydrogen) atoms. The van der Waals surface area contributed by atoms with Gasteiger partial charge in [-0.05, 0) is 37.1 Å². The van der Waals surface area contributed by atoms with Crippen LogP contribution in [0.1, 0.15) is 21.5 Å². The number of benzene rings is 3. The maximum atomic E-state index is 12.9. The third kappa shape index (κ3) is 4.07. The molecule has 0 bridgehead atoms. The van der Waals surface area contributed by atoms with Gasteiger partial charge in [-0.2, -0.15) is 0 Å². The van der Waals surface area contributed by atoms with Crippen LogP contribution in [0.25, 0.3) is 0 Å². The molecule has 0 radical (unpaired) electrons. The Morgan fingerprint density at radius 2 is 1.12 bits per heavy atom. The van der Waals surface area contributed by atoms with Crippen molar-refractivity contribution < 1.29 is 14.3 Å². The fourth-order valence-corrected chi connectivity index (χ4v) is 2.48. The SMILES string of the molecule is Cc1ccccc1OC(Oc1ccccc1C)C(=O)c1ccccc1. The van der Waals surface area contributed by atoms with Crippen molar-refractivity contribution >= 4 is 5.78 Å². The zero-order valence-corrected chi connectivity index (χ0v) is 14.3. The fraction of sp³-hybridized carbons (Fsp3) is 0.136. The Labute approximate surface area is 147 Å². The van der Waals surface area contributed by atoms with E-state index in [1.807, 2.05) is 80.6 Å². The Kier molecular flexibility index (Phi) is 5.14. The summed E-state index contributed by atoms with van der Waals surface area (Å²) in [5, 5.41) is 0. The standard InChI is InChI=1S/C22H20O3/c1-16-10-6-8-14-19(16)24-22(21(23)18-12-4-3-5-13-18)25-20-15-9-7-11-17(20)2/h3-15,22H,1-2H3. The lowest BCUT2D eigenvalue weighted by molar-refractivity contribution is 0.0118. The van der Waals surface area contributed by atoms with Gasteiger partial charge in [0.15, 0.2) is 0 Å². The van der Waals surface area contributed by atoms with Gasteiger partial charge >= 0.3 is 6.29 Å². The van der Waals surface area contributed by atoms with E-state index in [0.717, 1.165) is 11.1 Å². The second-order valence-electron chi connectivity index (χ2n) is 5.83. The van der Waals surface area contributed by atoms with Crippen LogP contribution in [-0.4, -0.2) is 12.1 Å². The molecule has 0 saturated heterocycles. The number of ether oxygens (including phenoxy) is 2. The summed E-state index contributed by atoms with van der Waals surface area (Å²) in [5.41, 5.74) is 2.44. The van der Waals surface area contributed by atoms with E-state index in [-0.39, 0.29) is 5.78 Å². The minimum atomic E-state index is -1.05. The minimum Gasteiger partial charge on any atom is -0.447 e. The summed E-state index contributed by atoms with van der Waals surface area (Å²) in [6.45, 7) is 3.88. The van der Waals surface area contributed by atoms with Crippen LogP contribution in [0.5, 0.6) is 11.5 Å². The molecule has 0 saturated carbocycles. The zero-order valence-electron chi connectivity index (χ0n) is 14.3. The smallest absolute Gasteiger partial charge is 0.305 e. The molecule has 0 amide bonds. The lowest BCUT2D eigenvalue weighted by atomic mass is 10.1. The number of hydrogen-bond acceptors (Lipinski definition) is 3. The number of carbonyl (C=O) groups is 1. The summed E-state index contributed by atoms with van der Waals surface area (Å²) in [6.07, 6.45) is -1.05. The molecule has 3 aromatic carbocycles. The van der Waals surface area contributed by atoms with Gasteiger partial charge in [-0.25, -0.2) is 0 Å². The molecule has 0 aliphatic carbocycles. The number of aryl methyl sites for hydroxylation is 2. The minimum absolute atomic E-state index is 0.216. The number of carbonyl (C=O) groups excluding carboxylic acids is 1. The summed E-state index contributed by atoms with van der Waals surface area (Å²) in [5.74, 6) is 1.04. The first-order chi connectivity index (χ1) is 12.1. The topological polar surface area (TPSA) is 35.5 Å². The predicted molar refractivity (Wildman–Crippen MR) is 98.2 cm³/mol. The van der Waals surface area contributed by atoms with Crippen molar-refractivity contribution in [2.45, 2.75) is 20.1 Å². The highest BCUT2D eigenvalue weighted by atomic mass is 16.7. The highest BCUT2D eigenvalue weighted by molar-refractivity contribution is 5.99. The van der Waals surface area contributed by atoms with Gasteiger partial charge in [0.25, 0.3) is 0 Å². The second kappa shape index (κ2) is 7.67. The van der Waals surface area contributed by atoms with E-state index in [9.17, 15) is 4.79 Å². The fourth-order valence-electron chi connectivity index (χ4n) is 2.48. The molecule has 126 valence electrons. The van der Waals surface area contributed by atoms with Crippen LogP contribution < -0.4 is 9.47 Å². The first-order valence-corrected chi connectivity index (χ1v) is 8.19. The van der Waals surface area contributed by atoms with E-state index in [2.05, 4.69) is 0 Å². The van der Waals surface area contributed by atoms with Gasteiger partial charge in [-0.1, -0.05) is 66.7 Å². The lowest BCUT2D eigenvalue weighted by Crippen LogP contribution is -2.34. The van der Waals surface area contributed by atoms with Gasteiger partial charge in [0, 0.05) is 5.56 Å². The van der Waals surface area contributed by atoms with E-state index in [1.54, 1.807) is 12.1 Å². The molecule has 3 aromatic rings. The quantitative estimate of drug-likeness (QED) is 0.472. The normalized spacial score (nSPS) is 10.5. The Morgan fingerprint density at radius 1 is 0.680 bits per heavy atom. The average Bonchev–Trinajstić information content (AvgIpc) is 2.65. The number of rotatable bonds is 6. The van der Waals surface area contributed by atoms with Crippen molar-refractivity contribution in [2.75, 3.05) is 0 Å². The Balaban J connectivity index is 1.92. The molecule has 3 heteroatoms. The molecule has 0 heterocycles. The van der Waals surface area contributed by atoms with Crippen LogP contribution in [0, 0.1) is 13.8 Å². The summed E-state index contributed by atoms with van der Waals surface area (Å²) in [6, 6.07) is 24.2. The van der Waals surface area contributed by atoms with E-state index in [1.165, 1.54) is 0 Å². The highest BCUT2D eigenvalue weighted by Gasteiger charge is 2.25. The second-order valence-corrected chi connectivity index (χ2v) is 5.83. The van der Waals surface area contributed by atoms with Gasteiger partial charge < -0.3 is 9.47 Å². The third-order valence-electron chi connectivity index (χ3n) is 3.93. The number of hydrogen-bond donors (Lipinski definition) is 0. The Hall–Kier alpha value is -3.07. The molecule has 0 fully saturated rings. The zero-order chi connectivity index (χ0) is 17.6. The van der Waals surface area contributed by atoms with E-state index >= 15 is 0 Å².